The van der Waals surface area contributed by atoms with Gasteiger partial charge in [-0.1, -0.05) is 35.0 Å². The molecule has 1 fully saturated rings. The van der Waals surface area contributed by atoms with Crippen LogP contribution in [-0.4, -0.2) is 16.8 Å². The molecule has 1 saturated heterocycles. The van der Waals surface area contributed by atoms with Crippen LogP contribution in [0.3, 0.4) is 0 Å². The fraction of sp³-hybridized carbons (Fsp3) is 0.312. The van der Waals surface area contributed by atoms with Gasteiger partial charge in [0.25, 0.3) is 0 Å². The fourth-order valence-corrected chi connectivity index (χ4v) is 3.51. The van der Waals surface area contributed by atoms with Crippen LogP contribution in [0.5, 0.6) is 0 Å². The van der Waals surface area contributed by atoms with Crippen molar-refractivity contribution in [3.63, 3.8) is 0 Å². The Bertz CT molecular complexity index is 729. The molecular weight excluding hydrogens is 332 g/mol. The zero-order valence-corrected chi connectivity index (χ0v) is 13.2. The summed E-state index contributed by atoms with van der Waals surface area (Å²) in [6.45, 7) is 1.97. The Labute approximate surface area is 131 Å². The highest BCUT2D eigenvalue weighted by Crippen LogP contribution is 2.38. The first kappa shape index (κ1) is 14.2. The van der Waals surface area contributed by atoms with Crippen molar-refractivity contribution in [3.05, 3.63) is 40.5 Å². The molecule has 2 aromatic rings. The molecule has 2 heterocycles. The van der Waals surface area contributed by atoms with E-state index in [0.717, 1.165) is 20.9 Å². The summed E-state index contributed by atoms with van der Waals surface area (Å²) in [6.07, 6.45) is 2.77. The van der Waals surface area contributed by atoms with Gasteiger partial charge in [0.2, 0.25) is 11.8 Å². The maximum Gasteiger partial charge on any atom is 0.230 e. The van der Waals surface area contributed by atoms with Crippen LogP contribution in [0.2, 0.25) is 0 Å². The number of nitrogens with one attached hydrogen (secondary N) is 1. The number of carbonyl (C=O) groups excluding carboxylic acids is 2. The number of rotatable bonds is 2. The number of piperidine rings is 1. The third-order valence-electron chi connectivity index (χ3n) is 4.08. The second kappa shape index (κ2) is 5.56. The average molecular weight is 347 g/mol. The van der Waals surface area contributed by atoms with Crippen LogP contribution in [-0.2, 0) is 9.59 Å². The van der Waals surface area contributed by atoms with E-state index in [1.807, 2.05) is 31.2 Å². The largest absolute Gasteiger partial charge is 0.296 e. The van der Waals surface area contributed by atoms with Crippen LogP contribution in [0.1, 0.15) is 31.2 Å². The van der Waals surface area contributed by atoms with Gasteiger partial charge < -0.3 is 0 Å². The molecule has 1 aliphatic heterocycles. The molecule has 0 saturated carbocycles. The summed E-state index contributed by atoms with van der Waals surface area (Å²) < 4.78 is 0.967. The molecule has 0 radical (unpaired) electrons. The Hall–Kier alpha value is -1.75. The number of nitrogens with zero attached hydrogens (tertiary/aromatic N) is 1. The third kappa shape index (κ3) is 2.46. The molecule has 1 N–H and O–H groups in total. The summed E-state index contributed by atoms with van der Waals surface area (Å²) in [5, 5.41) is 3.43. The van der Waals surface area contributed by atoms with E-state index in [4.69, 9.17) is 0 Å². The maximum atomic E-state index is 12.1. The van der Waals surface area contributed by atoms with Crippen molar-refractivity contribution in [1.82, 2.24) is 10.3 Å². The molecule has 21 heavy (non-hydrogen) atoms. The predicted octanol–water partition coefficient (Wildman–Crippen LogP) is 3.15. The molecule has 108 valence electrons. The topological polar surface area (TPSA) is 59.1 Å². The van der Waals surface area contributed by atoms with Crippen LogP contribution in [0.15, 0.2) is 34.9 Å². The second-order valence-electron chi connectivity index (χ2n) is 5.27. The smallest absolute Gasteiger partial charge is 0.230 e. The number of amides is 2. The first-order valence-corrected chi connectivity index (χ1v) is 7.78. The van der Waals surface area contributed by atoms with Gasteiger partial charge in [-0.2, -0.15) is 0 Å². The number of pyridine rings is 1. The van der Waals surface area contributed by atoms with Crippen molar-refractivity contribution in [2.45, 2.75) is 25.7 Å². The minimum Gasteiger partial charge on any atom is -0.296 e. The maximum absolute atomic E-state index is 12.1. The van der Waals surface area contributed by atoms with Gasteiger partial charge in [-0.3, -0.25) is 19.9 Å². The van der Waals surface area contributed by atoms with Gasteiger partial charge in [-0.05, 0) is 24.1 Å². The molecule has 2 amide bonds. The Morgan fingerprint density at radius 1 is 1.33 bits per heavy atom. The SMILES string of the molecule is CCC1C(=O)NC(=O)CC1c1ccc(Br)c2cccnc12. The molecule has 4 nitrogen and oxygen atoms in total. The van der Waals surface area contributed by atoms with Gasteiger partial charge in [0.05, 0.1) is 5.52 Å². The lowest BCUT2D eigenvalue weighted by Gasteiger charge is -2.30. The first-order valence-electron chi connectivity index (χ1n) is 6.98. The van der Waals surface area contributed by atoms with Gasteiger partial charge in [0.1, 0.15) is 0 Å². The third-order valence-corrected chi connectivity index (χ3v) is 4.77. The Morgan fingerprint density at radius 2 is 2.14 bits per heavy atom. The number of benzene rings is 1. The van der Waals surface area contributed by atoms with Crippen LogP contribution in [0.25, 0.3) is 10.9 Å². The van der Waals surface area contributed by atoms with Gasteiger partial charge in [-0.25, -0.2) is 0 Å². The molecule has 1 aromatic carbocycles. The van der Waals surface area contributed by atoms with E-state index in [1.165, 1.54) is 0 Å². The zero-order valence-electron chi connectivity index (χ0n) is 11.6. The number of aromatic nitrogens is 1. The van der Waals surface area contributed by atoms with E-state index < -0.39 is 0 Å². The fourth-order valence-electron chi connectivity index (χ4n) is 3.06. The van der Waals surface area contributed by atoms with E-state index >= 15 is 0 Å². The molecule has 0 spiro atoms. The van der Waals surface area contributed by atoms with Gasteiger partial charge in [0.15, 0.2) is 0 Å². The highest BCUT2D eigenvalue weighted by atomic mass is 79.9. The predicted molar refractivity (Wildman–Crippen MR) is 83.7 cm³/mol. The van der Waals surface area contributed by atoms with Crippen molar-refractivity contribution in [1.29, 1.82) is 0 Å². The number of hydrogen-bond donors (Lipinski definition) is 1. The molecule has 2 atom stereocenters. The van der Waals surface area contributed by atoms with Crippen molar-refractivity contribution in [2.24, 2.45) is 5.92 Å². The van der Waals surface area contributed by atoms with E-state index in [-0.39, 0.29) is 23.7 Å². The molecule has 1 aromatic heterocycles. The highest BCUT2D eigenvalue weighted by Gasteiger charge is 2.36. The highest BCUT2D eigenvalue weighted by molar-refractivity contribution is 9.10. The van der Waals surface area contributed by atoms with E-state index in [9.17, 15) is 9.59 Å². The monoisotopic (exact) mass is 346 g/mol. The second-order valence-corrected chi connectivity index (χ2v) is 6.13. The van der Waals surface area contributed by atoms with Crippen molar-refractivity contribution < 1.29 is 9.59 Å². The van der Waals surface area contributed by atoms with Gasteiger partial charge in [-0.15, -0.1) is 0 Å². The average Bonchev–Trinajstić information content (AvgIpc) is 2.47. The van der Waals surface area contributed by atoms with E-state index in [0.29, 0.717) is 12.8 Å². The van der Waals surface area contributed by atoms with Crippen molar-refractivity contribution in [2.75, 3.05) is 0 Å². The minimum absolute atomic E-state index is 0.109. The molecule has 3 rings (SSSR count). The number of hydrogen-bond acceptors (Lipinski definition) is 3. The molecule has 2 unspecified atom stereocenters. The summed E-state index contributed by atoms with van der Waals surface area (Å²) in [5.41, 5.74) is 1.83. The van der Waals surface area contributed by atoms with Gasteiger partial charge >= 0.3 is 0 Å². The lowest BCUT2D eigenvalue weighted by Crippen LogP contribution is -2.44. The quantitative estimate of drug-likeness (QED) is 0.849. The summed E-state index contributed by atoms with van der Waals surface area (Å²) in [5.74, 6) is -0.678. The van der Waals surface area contributed by atoms with Crippen molar-refractivity contribution in [3.8, 4) is 0 Å². The summed E-state index contributed by atoms with van der Waals surface area (Å²) >= 11 is 3.52. The Kier molecular flexibility index (Phi) is 3.76. The number of halogens is 1. The zero-order chi connectivity index (χ0) is 15.0. The standard InChI is InChI=1S/C16H15BrN2O2/c1-2-9-12(8-14(20)19-16(9)21)10-5-6-13(17)11-4-3-7-18-15(10)11/h3-7,9,12H,2,8H2,1H3,(H,19,20,21). The molecular formula is C16H15BrN2O2. The number of fused-ring (bicyclic) bond motifs is 1. The number of carbonyl (C=O) groups is 2. The summed E-state index contributed by atoms with van der Waals surface area (Å²) in [6, 6.07) is 7.80. The summed E-state index contributed by atoms with van der Waals surface area (Å²) in [7, 11) is 0. The molecule has 1 aliphatic rings. The normalized spacial score (nSPS) is 22.4. The Balaban J connectivity index is 2.16. The van der Waals surface area contributed by atoms with Crippen LogP contribution >= 0.6 is 15.9 Å². The lowest BCUT2D eigenvalue weighted by molar-refractivity contribution is -0.137. The van der Waals surface area contributed by atoms with Crippen molar-refractivity contribution >= 4 is 38.6 Å². The van der Waals surface area contributed by atoms with E-state index in [1.54, 1.807) is 6.20 Å². The molecule has 5 heteroatoms. The number of imide groups is 1. The van der Waals surface area contributed by atoms with Gasteiger partial charge in [0, 0.05) is 34.3 Å². The van der Waals surface area contributed by atoms with E-state index in [2.05, 4.69) is 26.2 Å². The molecule has 0 aliphatic carbocycles. The lowest BCUT2D eigenvalue weighted by atomic mass is 9.78. The summed E-state index contributed by atoms with van der Waals surface area (Å²) in [4.78, 5) is 28.3. The van der Waals surface area contributed by atoms with Crippen LogP contribution in [0, 0.1) is 5.92 Å². The molecule has 0 bridgehead atoms. The first-order chi connectivity index (χ1) is 10.1. The van der Waals surface area contributed by atoms with Crippen LogP contribution < -0.4 is 5.32 Å². The van der Waals surface area contributed by atoms with Crippen LogP contribution in [0.4, 0.5) is 0 Å². The Morgan fingerprint density at radius 3 is 2.90 bits per heavy atom. The minimum atomic E-state index is -0.207.